The van der Waals surface area contributed by atoms with E-state index in [0.717, 1.165) is 0 Å². The van der Waals surface area contributed by atoms with E-state index in [2.05, 4.69) is 10.6 Å². The van der Waals surface area contributed by atoms with Gasteiger partial charge in [0.2, 0.25) is 5.91 Å². The highest BCUT2D eigenvalue weighted by Crippen LogP contribution is 2.27. The van der Waals surface area contributed by atoms with E-state index in [-0.39, 0.29) is 17.8 Å². The number of hydrogen-bond donors (Lipinski definition) is 2. The molecule has 5 heteroatoms. The normalized spacial score (nSPS) is 13.7. The van der Waals surface area contributed by atoms with Crippen molar-refractivity contribution in [3.05, 3.63) is 29.6 Å². The Labute approximate surface area is 113 Å². The summed E-state index contributed by atoms with van der Waals surface area (Å²) < 4.78 is 19.0. The maximum absolute atomic E-state index is 13.9. The predicted molar refractivity (Wildman–Crippen MR) is 72.6 cm³/mol. The van der Waals surface area contributed by atoms with E-state index in [4.69, 9.17) is 4.74 Å². The van der Waals surface area contributed by atoms with E-state index < -0.39 is 6.04 Å². The lowest BCUT2D eigenvalue weighted by Gasteiger charge is -2.21. The molecule has 0 heterocycles. The molecule has 0 radical (unpaired) electrons. The zero-order valence-corrected chi connectivity index (χ0v) is 11.8. The first-order valence-electron chi connectivity index (χ1n) is 6.37. The van der Waals surface area contributed by atoms with Crippen molar-refractivity contribution in [3.8, 4) is 5.75 Å². The molecule has 2 N–H and O–H groups in total. The second-order valence-electron chi connectivity index (χ2n) is 4.36. The van der Waals surface area contributed by atoms with Crippen LogP contribution in [0.5, 0.6) is 5.75 Å². The molecule has 2 unspecified atom stereocenters. The summed E-state index contributed by atoms with van der Waals surface area (Å²) in [7, 11) is 1.50. The number of methoxy groups -OCH3 is 1. The van der Waals surface area contributed by atoms with Gasteiger partial charge in [-0.25, -0.2) is 4.39 Å². The minimum atomic E-state index is -0.403. The number of likely N-dealkylation sites (N-methyl/N-ethyl adjacent to an activating group) is 1. The standard InChI is InChI=1S/C14H21FN2O2/c1-5-16-14(18)10(3)17-9(2)13-11(15)7-6-8-12(13)19-4/h6-10,17H,5H2,1-4H3,(H,16,18). The van der Waals surface area contributed by atoms with E-state index in [1.807, 2.05) is 6.92 Å². The van der Waals surface area contributed by atoms with Crippen LogP contribution in [0.3, 0.4) is 0 Å². The molecular weight excluding hydrogens is 247 g/mol. The van der Waals surface area contributed by atoms with Crippen LogP contribution in [-0.4, -0.2) is 25.6 Å². The number of carbonyl (C=O) groups is 1. The van der Waals surface area contributed by atoms with E-state index >= 15 is 0 Å². The Morgan fingerprint density at radius 1 is 1.42 bits per heavy atom. The third-order valence-electron chi connectivity index (χ3n) is 2.91. The molecule has 0 aliphatic carbocycles. The fourth-order valence-corrected chi connectivity index (χ4v) is 1.98. The summed E-state index contributed by atoms with van der Waals surface area (Å²) in [4.78, 5) is 11.7. The van der Waals surface area contributed by atoms with Crippen LogP contribution in [0, 0.1) is 5.82 Å². The average molecular weight is 268 g/mol. The van der Waals surface area contributed by atoms with Gasteiger partial charge in [-0.2, -0.15) is 0 Å². The monoisotopic (exact) mass is 268 g/mol. The minimum absolute atomic E-state index is 0.107. The predicted octanol–water partition coefficient (Wildman–Crippen LogP) is 2.01. The number of amides is 1. The molecule has 0 saturated carbocycles. The van der Waals surface area contributed by atoms with E-state index in [1.54, 1.807) is 26.0 Å². The second-order valence-corrected chi connectivity index (χ2v) is 4.36. The van der Waals surface area contributed by atoms with Crippen molar-refractivity contribution in [1.29, 1.82) is 0 Å². The molecule has 19 heavy (non-hydrogen) atoms. The lowest BCUT2D eigenvalue weighted by molar-refractivity contribution is -0.122. The maximum Gasteiger partial charge on any atom is 0.236 e. The zero-order valence-electron chi connectivity index (χ0n) is 11.8. The SMILES string of the molecule is CCNC(=O)C(C)NC(C)c1c(F)cccc1OC. The molecular formula is C14H21FN2O2. The maximum atomic E-state index is 13.9. The van der Waals surface area contributed by atoms with Crippen LogP contribution in [0.1, 0.15) is 32.4 Å². The Balaban J connectivity index is 2.83. The molecule has 0 spiro atoms. The van der Waals surface area contributed by atoms with Crippen LogP contribution in [0.25, 0.3) is 0 Å². The molecule has 106 valence electrons. The van der Waals surface area contributed by atoms with E-state index in [0.29, 0.717) is 17.9 Å². The minimum Gasteiger partial charge on any atom is -0.496 e. The number of hydrogen-bond acceptors (Lipinski definition) is 3. The van der Waals surface area contributed by atoms with Crippen molar-refractivity contribution >= 4 is 5.91 Å². The summed E-state index contributed by atoms with van der Waals surface area (Å²) in [6.07, 6.45) is 0. The Hall–Kier alpha value is -1.62. The van der Waals surface area contributed by atoms with Gasteiger partial charge in [-0.3, -0.25) is 10.1 Å². The molecule has 0 aliphatic heterocycles. The summed E-state index contributed by atoms with van der Waals surface area (Å²) in [6.45, 7) is 5.97. The van der Waals surface area contributed by atoms with Gasteiger partial charge in [0.15, 0.2) is 0 Å². The first kappa shape index (κ1) is 15.4. The second kappa shape index (κ2) is 7.09. The molecule has 1 aromatic carbocycles. The topological polar surface area (TPSA) is 50.4 Å². The Morgan fingerprint density at radius 3 is 2.68 bits per heavy atom. The van der Waals surface area contributed by atoms with Gasteiger partial charge in [0.25, 0.3) is 0 Å². The number of ether oxygens (including phenoxy) is 1. The van der Waals surface area contributed by atoms with Crippen LogP contribution >= 0.6 is 0 Å². The van der Waals surface area contributed by atoms with E-state index in [9.17, 15) is 9.18 Å². The molecule has 1 rings (SSSR count). The summed E-state index contributed by atoms with van der Waals surface area (Å²) in [5.41, 5.74) is 0.432. The average Bonchev–Trinajstić information content (AvgIpc) is 2.38. The van der Waals surface area contributed by atoms with Crippen molar-refractivity contribution in [2.45, 2.75) is 32.9 Å². The Bertz CT molecular complexity index is 437. The first-order valence-corrected chi connectivity index (χ1v) is 6.37. The van der Waals surface area contributed by atoms with Crippen LogP contribution < -0.4 is 15.4 Å². The van der Waals surface area contributed by atoms with Gasteiger partial charge >= 0.3 is 0 Å². The molecule has 0 fully saturated rings. The van der Waals surface area contributed by atoms with Gasteiger partial charge in [-0.1, -0.05) is 6.07 Å². The van der Waals surface area contributed by atoms with Crippen LogP contribution in [-0.2, 0) is 4.79 Å². The van der Waals surface area contributed by atoms with Gasteiger partial charge in [0, 0.05) is 18.2 Å². The molecule has 4 nitrogen and oxygen atoms in total. The molecule has 2 atom stereocenters. The fraction of sp³-hybridized carbons (Fsp3) is 0.500. The zero-order chi connectivity index (χ0) is 14.4. The van der Waals surface area contributed by atoms with Crippen molar-refractivity contribution < 1.29 is 13.9 Å². The number of halogens is 1. The van der Waals surface area contributed by atoms with Crippen molar-refractivity contribution in [1.82, 2.24) is 10.6 Å². The van der Waals surface area contributed by atoms with E-state index in [1.165, 1.54) is 13.2 Å². The fourth-order valence-electron chi connectivity index (χ4n) is 1.98. The number of carbonyl (C=O) groups excluding carboxylic acids is 1. The van der Waals surface area contributed by atoms with Gasteiger partial charge in [0.05, 0.1) is 13.2 Å². The van der Waals surface area contributed by atoms with Gasteiger partial charge in [-0.15, -0.1) is 0 Å². The highest BCUT2D eigenvalue weighted by Gasteiger charge is 2.20. The molecule has 0 bridgehead atoms. The van der Waals surface area contributed by atoms with Crippen molar-refractivity contribution in [2.24, 2.45) is 0 Å². The van der Waals surface area contributed by atoms with Gasteiger partial charge < -0.3 is 10.1 Å². The van der Waals surface area contributed by atoms with Gasteiger partial charge in [0.1, 0.15) is 11.6 Å². The number of benzene rings is 1. The highest BCUT2D eigenvalue weighted by atomic mass is 19.1. The van der Waals surface area contributed by atoms with Crippen LogP contribution in [0.2, 0.25) is 0 Å². The summed E-state index contributed by atoms with van der Waals surface area (Å²) in [5, 5.41) is 5.78. The molecule has 1 aromatic rings. The largest absolute Gasteiger partial charge is 0.496 e. The Morgan fingerprint density at radius 2 is 2.11 bits per heavy atom. The first-order chi connectivity index (χ1) is 9.01. The molecule has 0 aromatic heterocycles. The Kier molecular flexibility index (Phi) is 5.76. The van der Waals surface area contributed by atoms with Crippen LogP contribution in [0.15, 0.2) is 18.2 Å². The summed E-state index contributed by atoms with van der Waals surface area (Å²) in [6, 6.07) is 3.95. The lowest BCUT2D eigenvalue weighted by atomic mass is 10.1. The summed E-state index contributed by atoms with van der Waals surface area (Å²) in [5.74, 6) is 0.0233. The molecule has 0 saturated heterocycles. The summed E-state index contributed by atoms with van der Waals surface area (Å²) >= 11 is 0. The third-order valence-corrected chi connectivity index (χ3v) is 2.91. The quantitative estimate of drug-likeness (QED) is 0.829. The smallest absolute Gasteiger partial charge is 0.236 e. The highest BCUT2D eigenvalue weighted by molar-refractivity contribution is 5.81. The van der Waals surface area contributed by atoms with Crippen molar-refractivity contribution in [3.63, 3.8) is 0 Å². The molecule has 0 aliphatic rings. The van der Waals surface area contributed by atoms with Crippen molar-refractivity contribution in [2.75, 3.05) is 13.7 Å². The lowest BCUT2D eigenvalue weighted by Crippen LogP contribution is -2.43. The van der Waals surface area contributed by atoms with Crippen LogP contribution in [0.4, 0.5) is 4.39 Å². The number of nitrogens with one attached hydrogen (secondary N) is 2. The third kappa shape index (κ3) is 3.92. The number of rotatable bonds is 6. The molecule has 1 amide bonds. The van der Waals surface area contributed by atoms with Gasteiger partial charge in [-0.05, 0) is 32.9 Å².